The summed E-state index contributed by atoms with van der Waals surface area (Å²) in [5, 5.41) is 6.95. The number of carbonyl (C=O) groups excluding carboxylic acids is 1. The molecule has 1 aromatic carbocycles. The molecule has 0 radical (unpaired) electrons. The molecule has 0 unspecified atom stereocenters. The Bertz CT molecular complexity index is 1350. The van der Waals surface area contributed by atoms with Gasteiger partial charge >= 0.3 is 0 Å². The van der Waals surface area contributed by atoms with Crippen LogP contribution in [-0.2, 0) is 24.9 Å². The number of aromatic nitrogens is 5. The largest absolute Gasteiger partial charge is 0.319 e. The predicted molar refractivity (Wildman–Crippen MR) is 114 cm³/mol. The van der Waals surface area contributed by atoms with Crippen LogP contribution in [0.4, 0.5) is 0 Å². The minimum atomic E-state index is -0.455. The Morgan fingerprint density at radius 3 is 2.90 bits per heavy atom. The summed E-state index contributed by atoms with van der Waals surface area (Å²) in [6, 6.07) is 7.51. The first kappa shape index (κ1) is 19.7. The van der Waals surface area contributed by atoms with E-state index in [1.807, 2.05) is 40.4 Å². The second-order valence-corrected chi connectivity index (χ2v) is 8.23. The molecule has 148 valence electrons. The van der Waals surface area contributed by atoms with E-state index in [0.717, 1.165) is 5.56 Å². The molecule has 4 rings (SSSR count). The molecule has 0 saturated heterocycles. The van der Waals surface area contributed by atoms with Gasteiger partial charge in [0.05, 0.1) is 6.54 Å². The highest BCUT2D eigenvalue weighted by Gasteiger charge is 2.15. The number of benzene rings is 1. The molecule has 0 N–H and O–H groups in total. The highest BCUT2D eigenvalue weighted by molar-refractivity contribution is 9.10. The molecule has 3 aromatic heterocycles. The van der Waals surface area contributed by atoms with E-state index in [4.69, 9.17) is 11.6 Å². The third-order valence-electron chi connectivity index (χ3n) is 4.25. The monoisotopic (exact) mass is 492 g/mol. The first-order valence-corrected chi connectivity index (χ1v) is 10.5. The van der Waals surface area contributed by atoms with Crippen LogP contribution in [0.5, 0.6) is 0 Å². The summed E-state index contributed by atoms with van der Waals surface area (Å²) in [6.07, 6.45) is 3.17. The van der Waals surface area contributed by atoms with Gasteiger partial charge in [0, 0.05) is 23.6 Å². The molecule has 0 aliphatic carbocycles. The van der Waals surface area contributed by atoms with Crippen molar-refractivity contribution in [3.8, 4) is 0 Å². The van der Waals surface area contributed by atoms with Crippen LogP contribution < -0.4 is 10.4 Å². The molecule has 0 aliphatic heterocycles. The number of thiazole rings is 1. The second kappa shape index (κ2) is 8.05. The molecule has 1 amide bonds. The fourth-order valence-corrected chi connectivity index (χ4v) is 4.38. The van der Waals surface area contributed by atoms with Gasteiger partial charge in [-0.25, -0.2) is 9.67 Å². The van der Waals surface area contributed by atoms with Crippen molar-refractivity contribution in [3.63, 3.8) is 0 Å². The summed E-state index contributed by atoms with van der Waals surface area (Å²) >= 11 is 10.8. The summed E-state index contributed by atoms with van der Waals surface area (Å²) in [6.45, 7) is 0.276. The second-order valence-electron chi connectivity index (χ2n) is 6.20. The first-order chi connectivity index (χ1) is 13.9. The maximum absolute atomic E-state index is 12.7. The lowest BCUT2D eigenvalue weighted by Crippen LogP contribution is -2.25. The molecule has 0 spiro atoms. The van der Waals surface area contributed by atoms with Gasteiger partial charge in [0.1, 0.15) is 22.9 Å². The minimum absolute atomic E-state index is 0.215. The molecule has 11 heteroatoms. The Kier molecular flexibility index (Phi) is 5.48. The molecule has 4 aromatic rings. The molecule has 0 bridgehead atoms. The smallest absolute Gasteiger partial charge is 0.268 e. The van der Waals surface area contributed by atoms with Crippen LogP contribution in [-0.4, -0.2) is 29.8 Å². The number of carbonyl (C=O) groups is 1. The molecule has 0 fully saturated rings. The van der Waals surface area contributed by atoms with Crippen LogP contribution in [0.3, 0.4) is 0 Å². The van der Waals surface area contributed by atoms with E-state index >= 15 is 0 Å². The van der Waals surface area contributed by atoms with E-state index in [9.17, 15) is 9.59 Å². The third-order valence-corrected chi connectivity index (χ3v) is 5.97. The van der Waals surface area contributed by atoms with Gasteiger partial charge in [-0.3, -0.25) is 14.2 Å². The van der Waals surface area contributed by atoms with Crippen LogP contribution in [0.15, 0.2) is 56.6 Å². The summed E-state index contributed by atoms with van der Waals surface area (Å²) in [7, 11) is 1.69. The molecular weight excluding hydrogens is 480 g/mol. The van der Waals surface area contributed by atoms with Gasteiger partial charge in [0.2, 0.25) is 0 Å². The van der Waals surface area contributed by atoms with Crippen LogP contribution in [0.1, 0.15) is 5.56 Å². The van der Waals surface area contributed by atoms with Crippen LogP contribution >= 0.6 is 38.9 Å². The van der Waals surface area contributed by atoms with Gasteiger partial charge in [0.25, 0.3) is 11.5 Å². The minimum Gasteiger partial charge on any atom is -0.319 e. The number of fused-ring (bicyclic) bond motifs is 1. The standard InChI is InChI=1S/C18H14BrClN6O2S/c1-24-16-14(15(19)23-24)17(28)26(10-21-16)9-13(27)22-18-25(6-7-29-18)8-11-4-2-3-5-12(11)20/h2-7,10H,8-9H2,1H3. The van der Waals surface area contributed by atoms with E-state index < -0.39 is 5.91 Å². The van der Waals surface area contributed by atoms with Crippen molar-refractivity contribution >= 4 is 55.8 Å². The lowest BCUT2D eigenvalue weighted by Gasteiger charge is -2.05. The molecule has 0 aliphatic rings. The van der Waals surface area contributed by atoms with Gasteiger partial charge in [0.15, 0.2) is 10.4 Å². The normalized spacial score (nSPS) is 12.0. The summed E-state index contributed by atoms with van der Waals surface area (Å²) < 4.78 is 4.96. The fourth-order valence-electron chi connectivity index (χ4n) is 2.85. The molecule has 3 heterocycles. The zero-order valence-electron chi connectivity index (χ0n) is 15.1. The van der Waals surface area contributed by atoms with Crippen molar-refractivity contribution in [2.45, 2.75) is 13.1 Å². The predicted octanol–water partition coefficient (Wildman–Crippen LogP) is 2.58. The number of hydrogen-bond acceptors (Lipinski definition) is 5. The summed E-state index contributed by atoms with van der Waals surface area (Å²) in [5.41, 5.74) is 1.01. The summed E-state index contributed by atoms with van der Waals surface area (Å²) in [5.74, 6) is -0.455. The first-order valence-electron chi connectivity index (χ1n) is 8.46. The van der Waals surface area contributed by atoms with Crippen LogP contribution in [0.25, 0.3) is 11.0 Å². The highest BCUT2D eigenvalue weighted by atomic mass is 79.9. The van der Waals surface area contributed by atoms with Crippen molar-refractivity contribution in [3.05, 3.63) is 72.5 Å². The topological polar surface area (TPSA) is 87.1 Å². The van der Waals surface area contributed by atoms with Gasteiger partial charge in [-0.05, 0) is 27.6 Å². The quantitative estimate of drug-likeness (QED) is 0.437. The van der Waals surface area contributed by atoms with Crippen molar-refractivity contribution in [2.24, 2.45) is 12.0 Å². The fraction of sp³-hybridized carbons (Fsp3) is 0.167. The number of hydrogen-bond donors (Lipinski definition) is 0. The van der Waals surface area contributed by atoms with Gasteiger partial charge in [-0.1, -0.05) is 29.8 Å². The van der Waals surface area contributed by atoms with Crippen molar-refractivity contribution in [1.29, 1.82) is 0 Å². The SMILES string of the molecule is Cn1nc(Br)c2c(=O)n(CC(=O)N=c3sccn3Cc3ccccc3Cl)cnc21. The number of aryl methyl sites for hydroxylation is 1. The maximum Gasteiger partial charge on any atom is 0.268 e. The van der Waals surface area contributed by atoms with Gasteiger partial charge < -0.3 is 4.57 Å². The Morgan fingerprint density at radius 1 is 1.31 bits per heavy atom. The van der Waals surface area contributed by atoms with E-state index in [0.29, 0.717) is 32.0 Å². The Balaban J connectivity index is 1.62. The molecule has 0 saturated carbocycles. The Labute approximate surface area is 181 Å². The van der Waals surface area contributed by atoms with E-state index in [1.54, 1.807) is 7.05 Å². The Hall–Kier alpha value is -2.56. The van der Waals surface area contributed by atoms with E-state index in [1.165, 1.54) is 26.9 Å². The molecular formula is C18H14BrClN6O2S. The summed E-state index contributed by atoms with van der Waals surface area (Å²) in [4.78, 5) is 34.1. The average Bonchev–Trinajstić information content (AvgIpc) is 3.23. The maximum atomic E-state index is 12.7. The number of amides is 1. The van der Waals surface area contributed by atoms with Crippen LogP contribution in [0.2, 0.25) is 5.02 Å². The molecule has 0 atom stereocenters. The van der Waals surface area contributed by atoms with Crippen LogP contribution in [0, 0.1) is 0 Å². The van der Waals surface area contributed by atoms with E-state index in [2.05, 4.69) is 31.0 Å². The lowest BCUT2D eigenvalue weighted by atomic mass is 10.2. The van der Waals surface area contributed by atoms with Crippen molar-refractivity contribution in [1.82, 2.24) is 23.9 Å². The van der Waals surface area contributed by atoms with Crippen molar-refractivity contribution in [2.75, 3.05) is 0 Å². The van der Waals surface area contributed by atoms with E-state index in [-0.39, 0.29) is 12.1 Å². The molecule has 8 nitrogen and oxygen atoms in total. The van der Waals surface area contributed by atoms with Gasteiger partial charge in [-0.2, -0.15) is 10.1 Å². The average molecular weight is 494 g/mol. The zero-order chi connectivity index (χ0) is 20.5. The van der Waals surface area contributed by atoms with Crippen molar-refractivity contribution < 1.29 is 4.79 Å². The zero-order valence-corrected chi connectivity index (χ0v) is 18.3. The Morgan fingerprint density at radius 2 is 2.10 bits per heavy atom. The number of rotatable bonds is 4. The highest BCUT2D eigenvalue weighted by Crippen LogP contribution is 2.17. The lowest BCUT2D eigenvalue weighted by molar-refractivity contribution is -0.118. The number of halogens is 2. The molecule has 29 heavy (non-hydrogen) atoms. The number of nitrogens with zero attached hydrogens (tertiary/aromatic N) is 6. The van der Waals surface area contributed by atoms with Gasteiger partial charge in [-0.15, -0.1) is 11.3 Å². The third kappa shape index (κ3) is 3.96.